The summed E-state index contributed by atoms with van der Waals surface area (Å²) in [4.78, 5) is 8.81. The van der Waals surface area contributed by atoms with Crippen LogP contribution in [-0.4, -0.2) is 29.3 Å². The lowest BCUT2D eigenvalue weighted by Gasteiger charge is -2.07. The van der Waals surface area contributed by atoms with Gasteiger partial charge in [-0.05, 0) is 24.3 Å². The van der Waals surface area contributed by atoms with E-state index in [1.165, 1.54) is 0 Å². The van der Waals surface area contributed by atoms with Gasteiger partial charge >= 0.3 is 0 Å². The van der Waals surface area contributed by atoms with E-state index in [-0.39, 0.29) is 0 Å². The second kappa shape index (κ2) is 5.40. The van der Waals surface area contributed by atoms with Crippen molar-refractivity contribution in [2.24, 2.45) is 0 Å². The van der Waals surface area contributed by atoms with Gasteiger partial charge in [-0.15, -0.1) is 0 Å². The molecular formula is C15H15N3O3. The summed E-state index contributed by atoms with van der Waals surface area (Å²) in [5.74, 6) is 2.29. The third-order valence-electron chi connectivity index (χ3n) is 3.19. The highest BCUT2D eigenvalue weighted by atomic mass is 16.5. The van der Waals surface area contributed by atoms with Crippen molar-refractivity contribution in [2.75, 3.05) is 14.2 Å². The maximum absolute atomic E-state index is 5.34. The smallest absolute Gasteiger partial charge is 0.226 e. The van der Waals surface area contributed by atoms with Crippen LogP contribution in [0.4, 0.5) is 0 Å². The molecule has 0 fully saturated rings. The molecule has 21 heavy (non-hydrogen) atoms. The molecule has 0 saturated carbocycles. The number of fused-ring (bicyclic) bond motifs is 1. The van der Waals surface area contributed by atoms with Crippen LogP contribution in [0.1, 0.15) is 12.8 Å². The summed E-state index contributed by atoms with van der Waals surface area (Å²) in [6, 6.07) is 7.58. The first-order valence-corrected chi connectivity index (χ1v) is 6.61. The minimum Gasteiger partial charge on any atom is -0.497 e. The average molecular weight is 285 g/mol. The second-order valence-electron chi connectivity index (χ2n) is 4.47. The Morgan fingerprint density at radius 1 is 1.10 bits per heavy atom. The number of nitrogens with zero attached hydrogens (tertiary/aromatic N) is 3. The molecule has 0 amide bonds. The molecule has 0 aliphatic rings. The Morgan fingerprint density at radius 3 is 2.62 bits per heavy atom. The van der Waals surface area contributed by atoms with E-state index in [0.29, 0.717) is 29.6 Å². The van der Waals surface area contributed by atoms with E-state index in [2.05, 4.69) is 15.1 Å². The van der Waals surface area contributed by atoms with E-state index in [0.717, 1.165) is 16.7 Å². The number of aryl methyl sites for hydroxylation is 1. The van der Waals surface area contributed by atoms with Gasteiger partial charge in [-0.25, -0.2) is 4.98 Å². The molecule has 0 unspecified atom stereocenters. The van der Waals surface area contributed by atoms with Crippen LogP contribution in [0, 0.1) is 0 Å². The maximum Gasteiger partial charge on any atom is 0.226 e. The maximum atomic E-state index is 5.34. The van der Waals surface area contributed by atoms with Gasteiger partial charge in [-0.2, -0.15) is 4.98 Å². The lowest BCUT2D eigenvalue weighted by Crippen LogP contribution is -1.94. The van der Waals surface area contributed by atoms with Crippen LogP contribution in [0.25, 0.3) is 22.3 Å². The van der Waals surface area contributed by atoms with Crippen molar-refractivity contribution < 1.29 is 14.0 Å². The van der Waals surface area contributed by atoms with Crippen molar-refractivity contribution in [1.82, 2.24) is 15.1 Å². The highest BCUT2D eigenvalue weighted by Gasteiger charge is 2.15. The quantitative estimate of drug-likeness (QED) is 0.734. The zero-order valence-electron chi connectivity index (χ0n) is 12.1. The van der Waals surface area contributed by atoms with E-state index >= 15 is 0 Å². The third-order valence-corrected chi connectivity index (χ3v) is 3.19. The highest BCUT2D eigenvalue weighted by Crippen LogP contribution is 2.31. The SMILES string of the molecule is CCc1nc(-c2cc3cc(OC)ccc3nc2OC)no1. The lowest BCUT2D eigenvalue weighted by molar-refractivity contribution is 0.381. The molecule has 2 heterocycles. The van der Waals surface area contributed by atoms with Crippen molar-refractivity contribution in [1.29, 1.82) is 0 Å². The van der Waals surface area contributed by atoms with Crippen LogP contribution < -0.4 is 9.47 Å². The largest absolute Gasteiger partial charge is 0.497 e. The van der Waals surface area contributed by atoms with Crippen molar-refractivity contribution in [3.8, 4) is 23.0 Å². The number of ether oxygens (including phenoxy) is 2. The molecule has 0 bridgehead atoms. The lowest BCUT2D eigenvalue weighted by atomic mass is 10.1. The van der Waals surface area contributed by atoms with Crippen molar-refractivity contribution in [3.05, 3.63) is 30.2 Å². The van der Waals surface area contributed by atoms with E-state index in [4.69, 9.17) is 14.0 Å². The Balaban J connectivity index is 2.19. The molecule has 1 aromatic carbocycles. The standard InChI is InChI=1S/C15H15N3O3/c1-4-13-17-14(18-21-13)11-8-9-7-10(19-2)5-6-12(9)16-15(11)20-3/h5-8H,4H2,1-3H3. The van der Waals surface area contributed by atoms with Gasteiger partial charge in [0.25, 0.3) is 0 Å². The number of hydrogen-bond donors (Lipinski definition) is 0. The molecule has 2 aromatic heterocycles. The van der Waals surface area contributed by atoms with Crippen LogP contribution in [0.3, 0.4) is 0 Å². The van der Waals surface area contributed by atoms with Gasteiger partial charge in [0.1, 0.15) is 5.75 Å². The van der Waals surface area contributed by atoms with Crippen molar-refractivity contribution in [2.45, 2.75) is 13.3 Å². The molecule has 3 rings (SSSR count). The van der Waals surface area contributed by atoms with Crippen LogP contribution in [-0.2, 0) is 6.42 Å². The molecule has 108 valence electrons. The number of aromatic nitrogens is 3. The molecular weight excluding hydrogens is 270 g/mol. The fourth-order valence-corrected chi connectivity index (χ4v) is 2.09. The van der Waals surface area contributed by atoms with Gasteiger partial charge in [-0.1, -0.05) is 12.1 Å². The minimum atomic E-state index is 0.469. The first-order valence-electron chi connectivity index (χ1n) is 6.61. The van der Waals surface area contributed by atoms with Crippen LogP contribution in [0.5, 0.6) is 11.6 Å². The van der Waals surface area contributed by atoms with E-state index in [1.807, 2.05) is 31.2 Å². The molecule has 0 aliphatic carbocycles. The van der Waals surface area contributed by atoms with Crippen LogP contribution in [0.2, 0.25) is 0 Å². The Morgan fingerprint density at radius 2 is 1.95 bits per heavy atom. The van der Waals surface area contributed by atoms with E-state index in [9.17, 15) is 0 Å². The molecule has 0 radical (unpaired) electrons. The second-order valence-corrected chi connectivity index (χ2v) is 4.47. The molecule has 0 N–H and O–H groups in total. The molecule has 0 saturated heterocycles. The van der Waals surface area contributed by atoms with Crippen LogP contribution in [0.15, 0.2) is 28.8 Å². The summed E-state index contributed by atoms with van der Waals surface area (Å²) < 4.78 is 15.7. The Hall–Kier alpha value is -2.63. The first kappa shape index (κ1) is 13.4. The fraction of sp³-hybridized carbons (Fsp3) is 0.267. The zero-order chi connectivity index (χ0) is 14.8. The molecule has 0 atom stereocenters. The molecule has 3 aromatic rings. The molecule has 6 heteroatoms. The monoisotopic (exact) mass is 285 g/mol. The van der Waals surface area contributed by atoms with Crippen LogP contribution >= 0.6 is 0 Å². The summed E-state index contributed by atoms with van der Waals surface area (Å²) in [5, 5.41) is 4.90. The molecule has 0 aliphatic heterocycles. The normalized spacial score (nSPS) is 10.8. The number of hydrogen-bond acceptors (Lipinski definition) is 6. The highest BCUT2D eigenvalue weighted by molar-refractivity contribution is 5.86. The summed E-state index contributed by atoms with van der Waals surface area (Å²) in [5.41, 5.74) is 1.51. The number of methoxy groups -OCH3 is 2. The average Bonchev–Trinajstić information content (AvgIpc) is 3.01. The van der Waals surface area contributed by atoms with Gasteiger partial charge in [0.15, 0.2) is 0 Å². The zero-order valence-corrected chi connectivity index (χ0v) is 12.1. The number of pyridine rings is 1. The first-order chi connectivity index (χ1) is 10.2. The Bertz CT molecular complexity index is 783. The summed E-state index contributed by atoms with van der Waals surface area (Å²) in [6.07, 6.45) is 0.685. The molecule has 0 spiro atoms. The molecule has 6 nitrogen and oxygen atoms in total. The predicted octanol–water partition coefficient (Wildman–Crippen LogP) is 2.86. The van der Waals surface area contributed by atoms with E-state index < -0.39 is 0 Å². The summed E-state index contributed by atoms with van der Waals surface area (Å²) in [6.45, 7) is 1.96. The van der Waals surface area contributed by atoms with E-state index in [1.54, 1.807) is 14.2 Å². The fourth-order valence-electron chi connectivity index (χ4n) is 2.09. The van der Waals surface area contributed by atoms with Gasteiger partial charge in [0.05, 0.1) is 25.3 Å². The van der Waals surface area contributed by atoms with Gasteiger partial charge < -0.3 is 14.0 Å². The van der Waals surface area contributed by atoms with Gasteiger partial charge in [-0.3, -0.25) is 0 Å². The Kier molecular flexibility index (Phi) is 3.43. The third kappa shape index (κ3) is 2.40. The number of rotatable bonds is 4. The van der Waals surface area contributed by atoms with Crippen molar-refractivity contribution in [3.63, 3.8) is 0 Å². The van der Waals surface area contributed by atoms with Gasteiger partial charge in [0, 0.05) is 11.8 Å². The summed E-state index contributed by atoms with van der Waals surface area (Å²) in [7, 11) is 3.20. The number of benzene rings is 1. The minimum absolute atomic E-state index is 0.469. The summed E-state index contributed by atoms with van der Waals surface area (Å²) >= 11 is 0. The van der Waals surface area contributed by atoms with Crippen molar-refractivity contribution >= 4 is 10.9 Å². The topological polar surface area (TPSA) is 70.3 Å². The Labute approximate surface area is 121 Å². The predicted molar refractivity (Wildman–Crippen MR) is 77.5 cm³/mol. The van der Waals surface area contributed by atoms with Gasteiger partial charge in [0.2, 0.25) is 17.6 Å².